The minimum Gasteiger partial charge on any atom is -0.461 e. The molecule has 2 aromatic carbocycles. The quantitative estimate of drug-likeness (QED) is 0.343. The summed E-state index contributed by atoms with van der Waals surface area (Å²) < 4.78 is 4.82. The van der Waals surface area contributed by atoms with Gasteiger partial charge >= 0.3 is 5.97 Å². The molecule has 0 bridgehead atoms. The van der Waals surface area contributed by atoms with E-state index in [9.17, 15) is 9.59 Å². The van der Waals surface area contributed by atoms with E-state index in [2.05, 4.69) is 22.4 Å². The van der Waals surface area contributed by atoms with Crippen molar-refractivity contribution >= 4 is 34.4 Å². The summed E-state index contributed by atoms with van der Waals surface area (Å²) in [4.78, 5) is 27.5. The van der Waals surface area contributed by atoms with E-state index < -0.39 is 11.9 Å². The Labute approximate surface area is 161 Å². The van der Waals surface area contributed by atoms with E-state index in [1.54, 1.807) is 19.1 Å². The molecule has 3 N–H and O–H groups in total. The fraction of sp³-hybridized carbons (Fsp3) is 0.100. The Morgan fingerprint density at radius 3 is 2.59 bits per heavy atom. The van der Waals surface area contributed by atoms with Gasteiger partial charge in [0.1, 0.15) is 11.4 Å². The van der Waals surface area contributed by atoms with Crippen LogP contribution in [0, 0.1) is 0 Å². The smallest absolute Gasteiger partial charge is 0.355 e. The van der Waals surface area contributed by atoms with Crippen LogP contribution in [-0.2, 0) is 9.53 Å². The highest BCUT2D eigenvalue weighted by atomic mass is 35.5. The Hall–Kier alpha value is -3.25. The molecular weight excluding hydrogens is 366 g/mol. The number of aromatic amines is 1. The van der Waals surface area contributed by atoms with Crippen LogP contribution in [0.1, 0.15) is 17.4 Å². The maximum Gasteiger partial charge on any atom is 0.355 e. The molecule has 1 aromatic heterocycles. The van der Waals surface area contributed by atoms with Crippen molar-refractivity contribution in [1.29, 1.82) is 0 Å². The molecule has 3 rings (SSSR count). The lowest BCUT2D eigenvalue weighted by Gasteiger charge is -2.10. The number of aromatic nitrogens is 1. The molecule has 3 aromatic rings. The molecule has 0 radical (unpaired) electrons. The number of H-pyrrole nitrogens is 1. The lowest BCUT2D eigenvalue weighted by atomic mass is 10.0. The summed E-state index contributed by atoms with van der Waals surface area (Å²) in [6.07, 6.45) is 0. The van der Waals surface area contributed by atoms with Crippen molar-refractivity contribution in [1.82, 2.24) is 15.8 Å². The van der Waals surface area contributed by atoms with Gasteiger partial charge in [0.25, 0.3) is 5.91 Å². The Bertz CT molecular complexity index is 1010. The van der Waals surface area contributed by atoms with Gasteiger partial charge in [-0.3, -0.25) is 15.6 Å². The van der Waals surface area contributed by atoms with Crippen LogP contribution in [0.25, 0.3) is 22.0 Å². The number of rotatable bonds is 6. The zero-order valence-corrected chi connectivity index (χ0v) is 15.4. The van der Waals surface area contributed by atoms with E-state index in [4.69, 9.17) is 16.3 Å². The van der Waals surface area contributed by atoms with Crippen molar-refractivity contribution in [3.8, 4) is 11.1 Å². The summed E-state index contributed by atoms with van der Waals surface area (Å²) >= 11 is 6.14. The number of halogens is 1. The van der Waals surface area contributed by atoms with E-state index in [-0.39, 0.29) is 12.3 Å². The number of hydrogen-bond acceptors (Lipinski definition) is 4. The number of fused-ring (bicyclic) bond motifs is 1. The van der Waals surface area contributed by atoms with Crippen LogP contribution >= 0.6 is 11.6 Å². The third kappa shape index (κ3) is 3.96. The van der Waals surface area contributed by atoms with Gasteiger partial charge in [-0.15, -0.1) is 0 Å². The molecule has 0 aliphatic carbocycles. The Morgan fingerprint density at radius 1 is 1.15 bits per heavy atom. The van der Waals surface area contributed by atoms with Gasteiger partial charge in [-0.1, -0.05) is 48.5 Å². The molecule has 0 aliphatic heterocycles. The first-order chi connectivity index (χ1) is 13.0. The number of carbonyl (C=O) groups excluding carboxylic acids is 2. The first kappa shape index (κ1) is 18.5. The van der Waals surface area contributed by atoms with Crippen molar-refractivity contribution in [2.24, 2.45) is 0 Å². The van der Waals surface area contributed by atoms with Crippen molar-refractivity contribution in [3.05, 3.63) is 71.5 Å². The van der Waals surface area contributed by atoms with E-state index in [0.29, 0.717) is 16.3 Å². The number of nitrogens with one attached hydrogen (secondary N) is 3. The zero-order valence-electron chi connectivity index (χ0n) is 14.6. The maximum absolute atomic E-state index is 12.7. The lowest BCUT2D eigenvalue weighted by molar-refractivity contribution is -0.139. The maximum atomic E-state index is 12.7. The van der Waals surface area contributed by atoms with Crippen LogP contribution in [0.4, 0.5) is 0 Å². The third-order valence-electron chi connectivity index (χ3n) is 3.90. The molecule has 6 nitrogen and oxygen atoms in total. The predicted octanol–water partition coefficient (Wildman–Crippen LogP) is 3.80. The average molecular weight is 384 g/mol. The molecule has 0 aliphatic rings. The highest BCUT2D eigenvalue weighted by Gasteiger charge is 2.20. The fourth-order valence-electron chi connectivity index (χ4n) is 2.70. The number of benzene rings is 2. The first-order valence-electron chi connectivity index (χ1n) is 8.30. The SMILES string of the molecule is C=C(NNC(=O)c1[nH]c2ccc(Cl)cc2c1-c1ccccc1)C(=O)OCC. The molecule has 138 valence electrons. The van der Waals surface area contributed by atoms with Crippen LogP contribution in [0.3, 0.4) is 0 Å². The standard InChI is InChI=1S/C20H18ClN3O3/c1-3-27-20(26)12(2)23-24-19(25)18-17(13-7-5-4-6-8-13)15-11-14(21)9-10-16(15)22-18/h4-11,22-23H,2-3H2,1H3,(H,24,25). The average Bonchev–Trinajstić information content (AvgIpc) is 3.05. The second kappa shape index (κ2) is 7.97. The summed E-state index contributed by atoms with van der Waals surface area (Å²) in [7, 11) is 0. The summed E-state index contributed by atoms with van der Waals surface area (Å²) in [6.45, 7) is 5.45. The van der Waals surface area contributed by atoms with Gasteiger partial charge < -0.3 is 9.72 Å². The number of ether oxygens (including phenoxy) is 1. The molecule has 0 saturated carbocycles. The Balaban J connectivity index is 1.95. The molecular formula is C20H18ClN3O3. The summed E-state index contributed by atoms with van der Waals surface area (Å²) in [6, 6.07) is 14.9. The van der Waals surface area contributed by atoms with Gasteiger partial charge in [0, 0.05) is 21.5 Å². The second-order valence-electron chi connectivity index (χ2n) is 5.71. The van der Waals surface area contributed by atoms with Gasteiger partial charge in [-0.25, -0.2) is 4.79 Å². The number of amides is 1. The van der Waals surface area contributed by atoms with Gasteiger partial charge in [-0.2, -0.15) is 0 Å². The van der Waals surface area contributed by atoms with Gasteiger partial charge in [0.15, 0.2) is 0 Å². The molecule has 27 heavy (non-hydrogen) atoms. The van der Waals surface area contributed by atoms with Crippen LogP contribution in [0.5, 0.6) is 0 Å². The first-order valence-corrected chi connectivity index (χ1v) is 8.68. The summed E-state index contributed by atoms with van der Waals surface area (Å²) in [5, 5.41) is 1.39. The van der Waals surface area contributed by atoms with Crippen LogP contribution < -0.4 is 10.9 Å². The molecule has 0 saturated heterocycles. The molecule has 0 spiro atoms. The van der Waals surface area contributed by atoms with E-state index in [1.807, 2.05) is 36.4 Å². The van der Waals surface area contributed by atoms with Crippen LogP contribution in [0.2, 0.25) is 5.02 Å². The molecule has 7 heteroatoms. The Kier molecular flexibility index (Phi) is 5.47. The lowest BCUT2D eigenvalue weighted by Crippen LogP contribution is -2.39. The van der Waals surface area contributed by atoms with Gasteiger partial charge in [0.2, 0.25) is 0 Å². The predicted molar refractivity (Wildman–Crippen MR) is 105 cm³/mol. The van der Waals surface area contributed by atoms with E-state index in [1.165, 1.54) is 0 Å². The largest absolute Gasteiger partial charge is 0.461 e. The van der Waals surface area contributed by atoms with E-state index in [0.717, 1.165) is 16.5 Å². The summed E-state index contributed by atoms with van der Waals surface area (Å²) in [5.41, 5.74) is 7.58. The molecule has 0 atom stereocenters. The number of carbonyl (C=O) groups is 2. The van der Waals surface area contributed by atoms with Gasteiger partial charge in [0.05, 0.1) is 6.61 Å². The molecule has 1 heterocycles. The number of hydrazine groups is 1. The number of hydrogen-bond donors (Lipinski definition) is 3. The topological polar surface area (TPSA) is 83.2 Å². The highest BCUT2D eigenvalue weighted by Crippen LogP contribution is 2.33. The molecule has 1 amide bonds. The van der Waals surface area contributed by atoms with Crippen LogP contribution in [0.15, 0.2) is 60.8 Å². The van der Waals surface area contributed by atoms with E-state index >= 15 is 0 Å². The number of esters is 1. The summed E-state index contributed by atoms with van der Waals surface area (Å²) in [5.74, 6) is -1.09. The van der Waals surface area contributed by atoms with Gasteiger partial charge in [-0.05, 0) is 30.7 Å². The molecule has 0 fully saturated rings. The van der Waals surface area contributed by atoms with Crippen molar-refractivity contribution < 1.29 is 14.3 Å². The minimum absolute atomic E-state index is 0.0642. The minimum atomic E-state index is -0.635. The second-order valence-corrected chi connectivity index (χ2v) is 6.15. The highest BCUT2D eigenvalue weighted by molar-refractivity contribution is 6.31. The third-order valence-corrected chi connectivity index (χ3v) is 4.13. The molecule has 0 unspecified atom stereocenters. The zero-order chi connectivity index (χ0) is 19.4. The van der Waals surface area contributed by atoms with Crippen molar-refractivity contribution in [2.75, 3.05) is 6.61 Å². The normalized spacial score (nSPS) is 10.4. The van der Waals surface area contributed by atoms with Crippen molar-refractivity contribution in [3.63, 3.8) is 0 Å². The van der Waals surface area contributed by atoms with Crippen molar-refractivity contribution in [2.45, 2.75) is 6.92 Å². The fourth-order valence-corrected chi connectivity index (χ4v) is 2.88. The van der Waals surface area contributed by atoms with Crippen LogP contribution in [-0.4, -0.2) is 23.5 Å². The Morgan fingerprint density at radius 2 is 1.89 bits per heavy atom. The monoisotopic (exact) mass is 383 g/mol.